The first-order valence-electron chi connectivity index (χ1n) is 5.54. The number of aromatic amines is 1. The van der Waals surface area contributed by atoms with Gasteiger partial charge in [0.2, 0.25) is 0 Å². The number of benzene rings is 1. The van der Waals surface area contributed by atoms with Crippen molar-refractivity contribution in [1.82, 2.24) is 15.6 Å². The summed E-state index contributed by atoms with van der Waals surface area (Å²) in [5.41, 5.74) is 4.83. The molecule has 1 amide bonds. The molecule has 94 valence electrons. The smallest absolute Gasteiger partial charge is 0.282 e. The molecule has 0 atom stereocenters. The van der Waals surface area contributed by atoms with Gasteiger partial charge in [0.15, 0.2) is 5.69 Å². The molecule has 0 saturated carbocycles. The summed E-state index contributed by atoms with van der Waals surface area (Å²) >= 11 is 0. The number of rotatable bonds is 3. The maximum absolute atomic E-state index is 11.6. The molecule has 1 aromatic carbocycles. The average molecular weight is 253 g/mol. The van der Waals surface area contributed by atoms with Crippen LogP contribution >= 0.6 is 0 Å². The number of carbonyl (C=O) groups is 1. The van der Waals surface area contributed by atoms with Gasteiger partial charge in [0, 0.05) is 5.69 Å². The largest absolute Gasteiger partial charge is 0.291 e. The number of H-pyrrole nitrogens is 1. The molecule has 2 aromatic rings. The van der Waals surface area contributed by atoms with E-state index in [-0.39, 0.29) is 11.6 Å². The van der Waals surface area contributed by atoms with Gasteiger partial charge in [-0.2, -0.15) is 15.5 Å². The van der Waals surface area contributed by atoms with Gasteiger partial charge in [-0.15, -0.1) is 0 Å². The zero-order chi connectivity index (χ0) is 13.7. The van der Waals surface area contributed by atoms with E-state index in [0.29, 0.717) is 5.56 Å². The van der Waals surface area contributed by atoms with E-state index in [1.54, 1.807) is 30.3 Å². The highest BCUT2D eigenvalue weighted by atomic mass is 16.2. The molecule has 2 rings (SSSR count). The van der Waals surface area contributed by atoms with Gasteiger partial charge in [-0.3, -0.25) is 9.89 Å². The summed E-state index contributed by atoms with van der Waals surface area (Å²) in [6, 6.07) is 10.5. The fourth-order valence-electron chi connectivity index (χ4n) is 1.40. The van der Waals surface area contributed by atoms with Gasteiger partial charge in [-0.25, -0.2) is 5.43 Å². The van der Waals surface area contributed by atoms with Crippen LogP contribution in [0.2, 0.25) is 0 Å². The Labute approximate surface area is 109 Å². The molecule has 2 N–H and O–H groups in total. The minimum Gasteiger partial charge on any atom is -0.282 e. The highest BCUT2D eigenvalue weighted by molar-refractivity contribution is 5.93. The fraction of sp³-hybridized carbons (Fsp3) is 0.0769. The highest BCUT2D eigenvalue weighted by Crippen LogP contribution is 2.01. The third-order valence-electron chi connectivity index (χ3n) is 2.36. The number of hydrazone groups is 1. The quantitative estimate of drug-likeness (QED) is 0.638. The van der Waals surface area contributed by atoms with Crippen LogP contribution in [0.4, 0.5) is 0 Å². The molecule has 0 unspecified atom stereocenters. The van der Waals surface area contributed by atoms with Crippen LogP contribution in [0.3, 0.4) is 0 Å². The third-order valence-corrected chi connectivity index (χ3v) is 2.36. The lowest BCUT2D eigenvalue weighted by atomic mass is 10.2. The molecular weight excluding hydrogens is 242 g/mol. The molecule has 0 bridgehead atoms. The van der Waals surface area contributed by atoms with Gasteiger partial charge in [0.1, 0.15) is 0 Å². The van der Waals surface area contributed by atoms with Crippen molar-refractivity contribution >= 4 is 12.1 Å². The number of aryl methyl sites for hydroxylation is 1. The van der Waals surface area contributed by atoms with E-state index in [2.05, 4.69) is 20.7 Å². The first kappa shape index (κ1) is 12.5. The van der Waals surface area contributed by atoms with Crippen LogP contribution in [-0.4, -0.2) is 22.3 Å². The number of amides is 1. The van der Waals surface area contributed by atoms with Crippen molar-refractivity contribution in [3.63, 3.8) is 0 Å². The van der Waals surface area contributed by atoms with Crippen molar-refractivity contribution in [2.45, 2.75) is 6.92 Å². The van der Waals surface area contributed by atoms with E-state index in [9.17, 15) is 4.79 Å². The molecule has 6 nitrogen and oxygen atoms in total. The number of nitriles is 1. The number of hydrogen-bond acceptors (Lipinski definition) is 4. The van der Waals surface area contributed by atoms with Crippen molar-refractivity contribution in [3.05, 3.63) is 52.8 Å². The lowest BCUT2D eigenvalue weighted by molar-refractivity contribution is 0.0950. The summed E-state index contributed by atoms with van der Waals surface area (Å²) in [5, 5.41) is 19.0. The average Bonchev–Trinajstić information content (AvgIpc) is 2.86. The number of carbonyl (C=O) groups excluding carboxylic acids is 1. The summed E-state index contributed by atoms with van der Waals surface area (Å²) in [6.45, 7) is 1.81. The Hall–Kier alpha value is -2.94. The number of aromatic nitrogens is 2. The molecule has 1 aromatic heterocycles. The normalized spacial score (nSPS) is 10.3. The standard InChI is InChI=1S/C13H11N5O/c1-9-6-12(17-16-9)13(19)18-15-8-11-4-2-10(7-14)3-5-11/h2-6,8H,1H3,(H,16,17)(H,18,19). The number of nitrogens with zero attached hydrogens (tertiary/aromatic N) is 3. The maximum atomic E-state index is 11.6. The van der Waals surface area contributed by atoms with Gasteiger partial charge >= 0.3 is 0 Å². The zero-order valence-corrected chi connectivity index (χ0v) is 10.2. The van der Waals surface area contributed by atoms with Crippen LogP contribution in [-0.2, 0) is 0 Å². The van der Waals surface area contributed by atoms with Crippen LogP contribution in [0.1, 0.15) is 27.3 Å². The fourth-order valence-corrected chi connectivity index (χ4v) is 1.40. The molecular formula is C13H11N5O. The second-order valence-corrected chi connectivity index (χ2v) is 3.87. The topological polar surface area (TPSA) is 93.9 Å². The Morgan fingerprint density at radius 2 is 2.21 bits per heavy atom. The zero-order valence-electron chi connectivity index (χ0n) is 10.2. The molecule has 0 aliphatic carbocycles. The van der Waals surface area contributed by atoms with Crippen molar-refractivity contribution < 1.29 is 4.79 Å². The summed E-state index contributed by atoms with van der Waals surface area (Å²) < 4.78 is 0. The van der Waals surface area contributed by atoms with Crippen LogP contribution in [0, 0.1) is 18.3 Å². The van der Waals surface area contributed by atoms with Crippen molar-refractivity contribution in [1.29, 1.82) is 5.26 Å². The summed E-state index contributed by atoms with van der Waals surface area (Å²) in [5.74, 6) is -0.380. The summed E-state index contributed by atoms with van der Waals surface area (Å²) in [4.78, 5) is 11.6. The second-order valence-electron chi connectivity index (χ2n) is 3.87. The van der Waals surface area contributed by atoms with E-state index in [4.69, 9.17) is 5.26 Å². The predicted octanol–water partition coefficient (Wildman–Crippen LogP) is 1.35. The minimum atomic E-state index is -0.380. The lowest BCUT2D eigenvalue weighted by Crippen LogP contribution is -2.17. The summed E-state index contributed by atoms with van der Waals surface area (Å²) in [6.07, 6.45) is 1.50. The Morgan fingerprint density at radius 1 is 1.47 bits per heavy atom. The van der Waals surface area contributed by atoms with Gasteiger partial charge in [-0.05, 0) is 30.7 Å². The van der Waals surface area contributed by atoms with Gasteiger partial charge < -0.3 is 0 Å². The van der Waals surface area contributed by atoms with Gasteiger partial charge in [0.25, 0.3) is 5.91 Å². The van der Waals surface area contributed by atoms with E-state index in [1.165, 1.54) is 6.21 Å². The lowest BCUT2D eigenvalue weighted by Gasteiger charge is -1.95. The van der Waals surface area contributed by atoms with Crippen LogP contribution in [0.25, 0.3) is 0 Å². The molecule has 0 saturated heterocycles. The second kappa shape index (κ2) is 5.60. The molecule has 0 fully saturated rings. The highest BCUT2D eigenvalue weighted by Gasteiger charge is 2.07. The van der Waals surface area contributed by atoms with E-state index < -0.39 is 0 Å². The minimum absolute atomic E-state index is 0.287. The van der Waals surface area contributed by atoms with Crippen LogP contribution in [0.5, 0.6) is 0 Å². The van der Waals surface area contributed by atoms with E-state index >= 15 is 0 Å². The number of hydrogen-bond donors (Lipinski definition) is 2. The molecule has 0 aliphatic rings. The SMILES string of the molecule is Cc1cc(C(=O)NN=Cc2ccc(C#N)cc2)n[nH]1. The molecule has 0 aliphatic heterocycles. The molecule has 19 heavy (non-hydrogen) atoms. The first-order chi connectivity index (χ1) is 9.19. The molecule has 6 heteroatoms. The Kier molecular flexibility index (Phi) is 3.69. The van der Waals surface area contributed by atoms with E-state index in [1.807, 2.05) is 13.0 Å². The van der Waals surface area contributed by atoms with Crippen molar-refractivity contribution in [2.75, 3.05) is 0 Å². The molecule has 0 radical (unpaired) electrons. The summed E-state index contributed by atoms with van der Waals surface area (Å²) in [7, 11) is 0. The Morgan fingerprint density at radius 3 is 2.79 bits per heavy atom. The monoisotopic (exact) mass is 253 g/mol. The Balaban J connectivity index is 1.96. The first-order valence-corrected chi connectivity index (χ1v) is 5.54. The van der Waals surface area contributed by atoms with Crippen molar-refractivity contribution in [3.8, 4) is 6.07 Å². The van der Waals surface area contributed by atoms with Crippen LogP contribution in [0.15, 0.2) is 35.4 Å². The van der Waals surface area contributed by atoms with E-state index in [0.717, 1.165) is 11.3 Å². The molecule has 1 heterocycles. The maximum Gasteiger partial charge on any atom is 0.291 e. The van der Waals surface area contributed by atoms with Crippen molar-refractivity contribution in [2.24, 2.45) is 5.10 Å². The van der Waals surface area contributed by atoms with Gasteiger partial charge in [0.05, 0.1) is 17.8 Å². The van der Waals surface area contributed by atoms with Crippen LogP contribution < -0.4 is 5.43 Å². The predicted molar refractivity (Wildman–Crippen MR) is 69.5 cm³/mol. The van der Waals surface area contributed by atoms with Gasteiger partial charge in [-0.1, -0.05) is 12.1 Å². The molecule has 0 spiro atoms. The third kappa shape index (κ3) is 3.26. The number of nitrogens with one attached hydrogen (secondary N) is 2. The Bertz CT molecular complexity index is 648.